The molecule has 1 aliphatic heterocycles. The van der Waals surface area contributed by atoms with Crippen molar-refractivity contribution in [3.63, 3.8) is 0 Å². The van der Waals surface area contributed by atoms with E-state index < -0.39 is 5.91 Å². The van der Waals surface area contributed by atoms with Crippen LogP contribution in [0.5, 0.6) is 0 Å². The minimum absolute atomic E-state index is 0.360. The lowest BCUT2D eigenvalue weighted by atomic mass is 9.95. The zero-order valence-electron chi connectivity index (χ0n) is 13.0. The highest BCUT2D eigenvalue weighted by Gasteiger charge is 2.30. The first-order chi connectivity index (χ1) is 10.1. The molecular formula is C16H26N4O. The fourth-order valence-corrected chi connectivity index (χ4v) is 3.07. The van der Waals surface area contributed by atoms with Gasteiger partial charge in [0.25, 0.3) is 5.91 Å². The maximum Gasteiger partial charge on any atom is 0.252 e. The first kappa shape index (κ1) is 15.8. The summed E-state index contributed by atoms with van der Waals surface area (Å²) in [7, 11) is 0. The number of nitrogens with two attached hydrogens (primary N) is 1. The largest absolute Gasteiger partial charge is 0.365 e. The Balaban J connectivity index is 2.24. The zero-order chi connectivity index (χ0) is 15.2. The lowest BCUT2D eigenvalue weighted by Gasteiger charge is -2.41. The molecule has 2 unspecified atom stereocenters. The summed E-state index contributed by atoms with van der Waals surface area (Å²) in [5.74, 6) is 0.330. The third-order valence-electron chi connectivity index (χ3n) is 4.17. The van der Waals surface area contributed by atoms with Crippen LogP contribution in [0.2, 0.25) is 0 Å². The Morgan fingerprint density at radius 2 is 2.38 bits per heavy atom. The van der Waals surface area contributed by atoms with Crippen molar-refractivity contribution in [1.82, 2.24) is 10.3 Å². The molecular weight excluding hydrogens is 264 g/mol. The molecule has 1 aromatic rings. The monoisotopic (exact) mass is 290 g/mol. The van der Waals surface area contributed by atoms with Crippen LogP contribution >= 0.6 is 0 Å². The van der Waals surface area contributed by atoms with Crippen molar-refractivity contribution in [3.05, 3.63) is 23.9 Å². The van der Waals surface area contributed by atoms with Gasteiger partial charge in [0, 0.05) is 24.8 Å². The van der Waals surface area contributed by atoms with Gasteiger partial charge in [0.2, 0.25) is 0 Å². The Morgan fingerprint density at radius 3 is 3.10 bits per heavy atom. The van der Waals surface area contributed by atoms with E-state index in [2.05, 4.69) is 29.0 Å². The number of anilines is 1. The van der Waals surface area contributed by atoms with Gasteiger partial charge in [0.15, 0.2) is 0 Å². The Morgan fingerprint density at radius 1 is 1.57 bits per heavy atom. The Labute approximate surface area is 126 Å². The molecule has 21 heavy (non-hydrogen) atoms. The van der Waals surface area contributed by atoms with Crippen molar-refractivity contribution >= 4 is 11.7 Å². The molecule has 5 heteroatoms. The molecule has 1 saturated heterocycles. The van der Waals surface area contributed by atoms with Crippen LogP contribution in [-0.2, 0) is 0 Å². The van der Waals surface area contributed by atoms with Crippen LogP contribution in [-0.4, -0.2) is 36.1 Å². The Hall–Kier alpha value is -1.62. The number of rotatable bonds is 6. The van der Waals surface area contributed by atoms with E-state index in [0.29, 0.717) is 17.6 Å². The molecule has 1 aliphatic rings. The molecule has 0 radical (unpaired) electrons. The summed E-state index contributed by atoms with van der Waals surface area (Å²) in [6, 6.07) is 4.26. The summed E-state index contributed by atoms with van der Waals surface area (Å²) in [5.41, 5.74) is 6.02. The van der Waals surface area contributed by atoms with Gasteiger partial charge in [0.1, 0.15) is 5.82 Å². The third-order valence-corrected chi connectivity index (χ3v) is 4.17. The summed E-state index contributed by atoms with van der Waals surface area (Å²) in [6.45, 7) is 6.32. The molecule has 5 nitrogen and oxygen atoms in total. The third kappa shape index (κ3) is 3.73. The average molecular weight is 290 g/mol. The van der Waals surface area contributed by atoms with E-state index in [1.807, 2.05) is 0 Å². The van der Waals surface area contributed by atoms with Gasteiger partial charge in [-0.15, -0.1) is 0 Å². The maximum absolute atomic E-state index is 11.7. The lowest BCUT2D eigenvalue weighted by Crippen LogP contribution is -2.52. The number of hydrogen-bond donors (Lipinski definition) is 2. The van der Waals surface area contributed by atoms with E-state index in [4.69, 9.17) is 5.73 Å². The van der Waals surface area contributed by atoms with Crippen LogP contribution in [0.15, 0.2) is 18.3 Å². The quantitative estimate of drug-likeness (QED) is 0.840. The lowest BCUT2D eigenvalue weighted by molar-refractivity contribution is 0.1000. The molecule has 0 aromatic carbocycles. The first-order valence-corrected chi connectivity index (χ1v) is 7.90. The maximum atomic E-state index is 11.7. The van der Waals surface area contributed by atoms with E-state index in [1.54, 1.807) is 18.3 Å². The molecule has 3 N–H and O–H groups in total. The Bertz CT molecular complexity index is 477. The van der Waals surface area contributed by atoms with Crippen molar-refractivity contribution in [1.29, 1.82) is 0 Å². The van der Waals surface area contributed by atoms with E-state index in [0.717, 1.165) is 38.2 Å². The van der Waals surface area contributed by atoms with Crippen LogP contribution in [0.25, 0.3) is 0 Å². The summed E-state index contributed by atoms with van der Waals surface area (Å²) in [5, 5.41) is 3.56. The molecule has 1 fully saturated rings. The van der Waals surface area contributed by atoms with Crippen LogP contribution in [0.4, 0.5) is 5.82 Å². The van der Waals surface area contributed by atoms with Crippen LogP contribution in [0, 0.1) is 0 Å². The van der Waals surface area contributed by atoms with Gasteiger partial charge in [-0.25, -0.2) is 4.98 Å². The van der Waals surface area contributed by atoms with Crippen LogP contribution in [0.3, 0.4) is 0 Å². The van der Waals surface area contributed by atoms with E-state index in [1.165, 1.54) is 6.42 Å². The molecule has 2 atom stereocenters. The van der Waals surface area contributed by atoms with Gasteiger partial charge >= 0.3 is 0 Å². The van der Waals surface area contributed by atoms with Crippen LogP contribution in [0.1, 0.15) is 49.9 Å². The molecule has 0 saturated carbocycles. The highest BCUT2D eigenvalue weighted by molar-refractivity contribution is 5.97. The number of primary amides is 1. The van der Waals surface area contributed by atoms with Gasteiger partial charge in [0.05, 0.1) is 5.56 Å². The van der Waals surface area contributed by atoms with Crippen molar-refractivity contribution < 1.29 is 4.79 Å². The normalized spacial score (nSPS) is 20.3. The molecule has 0 bridgehead atoms. The number of hydrogen-bond acceptors (Lipinski definition) is 4. The van der Waals surface area contributed by atoms with Crippen molar-refractivity contribution in [3.8, 4) is 0 Å². The number of nitrogens with one attached hydrogen (secondary N) is 1. The van der Waals surface area contributed by atoms with Gasteiger partial charge in [-0.3, -0.25) is 4.79 Å². The van der Waals surface area contributed by atoms with Gasteiger partial charge in [-0.05, 0) is 51.3 Å². The molecule has 2 heterocycles. The molecule has 2 rings (SSSR count). The Kier molecular flexibility index (Phi) is 5.56. The van der Waals surface area contributed by atoms with E-state index in [9.17, 15) is 4.79 Å². The average Bonchev–Trinajstić information content (AvgIpc) is 2.52. The second-order valence-electron chi connectivity index (χ2n) is 5.74. The van der Waals surface area contributed by atoms with Crippen molar-refractivity contribution in [2.24, 2.45) is 5.73 Å². The molecule has 1 aromatic heterocycles. The predicted octanol–water partition coefficient (Wildman–Crippen LogP) is 1.93. The number of carbonyl (C=O) groups is 1. The van der Waals surface area contributed by atoms with Crippen molar-refractivity contribution in [2.75, 3.05) is 18.0 Å². The fraction of sp³-hybridized carbons (Fsp3) is 0.625. The number of piperidine rings is 1. The predicted molar refractivity (Wildman–Crippen MR) is 85.5 cm³/mol. The smallest absolute Gasteiger partial charge is 0.252 e. The molecule has 116 valence electrons. The highest BCUT2D eigenvalue weighted by atomic mass is 16.1. The topological polar surface area (TPSA) is 71.2 Å². The standard InChI is InChI=1S/C16H26N4O/c1-3-9-18-12(2)14-8-4-5-11-20(14)16-13(15(17)21)7-6-10-19-16/h6-7,10,12,14,18H,3-5,8-9,11H2,1-2H3,(H2,17,21). The summed E-state index contributed by atoms with van der Waals surface area (Å²) in [4.78, 5) is 18.3. The summed E-state index contributed by atoms with van der Waals surface area (Å²) < 4.78 is 0. The minimum atomic E-state index is -0.406. The van der Waals surface area contributed by atoms with E-state index in [-0.39, 0.29) is 0 Å². The van der Waals surface area contributed by atoms with E-state index >= 15 is 0 Å². The number of pyridine rings is 1. The molecule has 0 spiro atoms. The van der Waals surface area contributed by atoms with Gasteiger partial charge in [-0.2, -0.15) is 0 Å². The molecule has 1 amide bonds. The second kappa shape index (κ2) is 7.41. The fourth-order valence-electron chi connectivity index (χ4n) is 3.07. The number of aromatic nitrogens is 1. The van der Waals surface area contributed by atoms with Crippen LogP contribution < -0.4 is 16.0 Å². The number of amides is 1. The summed E-state index contributed by atoms with van der Waals surface area (Å²) >= 11 is 0. The zero-order valence-corrected chi connectivity index (χ0v) is 13.0. The molecule has 0 aliphatic carbocycles. The second-order valence-corrected chi connectivity index (χ2v) is 5.74. The SMILES string of the molecule is CCCNC(C)C1CCCCN1c1ncccc1C(N)=O. The number of nitrogens with zero attached hydrogens (tertiary/aromatic N) is 2. The summed E-state index contributed by atoms with van der Waals surface area (Å²) in [6.07, 6.45) is 6.32. The number of carbonyl (C=O) groups excluding carboxylic acids is 1. The highest BCUT2D eigenvalue weighted by Crippen LogP contribution is 2.27. The first-order valence-electron chi connectivity index (χ1n) is 7.90. The van der Waals surface area contributed by atoms with Gasteiger partial charge in [-0.1, -0.05) is 6.92 Å². The minimum Gasteiger partial charge on any atom is -0.365 e. The van der Waals surface area contributed by atoms with Crippen molar-refractivity contribution in [2.45, 2.75) is 51.6 Å². The van der Waals surface area contributed by atoms with Gasteiger partial charge < -0.3 is 16.0 Å².